The molecule has 0 unspecified atom stereocenters. The molecule has 0 radical (unpaired) electrons. The number of benzene rings is 3. The molecule has 1 aliphatic rings. The largest absolute Gasteiger partial charge is 0.486 e. The van der Waals surface area contributed by atoms with Gasteiger partial charge in [0.05, 0.1) is 11.4 Å². The third-order valence-electron chi connectivity index (χ3n) is 4.74. The smallest absolute Gasteiger partial charge is 0.255 e. The lowest BCUT2D eigenvalue weighted by Crippen LogP contribution is -2.23. The molecule has 1 heterocycles. The first kappa shape index (κ1) is 20.2. The first-order valence-corrected chi connectivity index (χ1v) is 9.63. The van der Waals surface area contributed by atoms with E-state index >= 15 is 0 Å². The van der Waals surface area contributed by atoms with Gasteiger partial charge >= 0.3 is 0 Å². The Balaban J connectivity index is 1.35. The van der Waals surface area contributed by atoms with E-state index in [1.165, 1.54) is 12.1 Å². The van der Waals surface area contributed by atoms with Gasteiger partial charge in [0.15, 0.2) is 11.5 Å². The lowest BCUT2D eigenvalue weighted by atomic mass is 10.1. The van der Waals surface area contributed by atoms with Crippen LogP contribution in [0.3, 0.4) is 0 Å². The van der Waals surface area contributed by atoms with Gasteiger partial charge in [0.1, 0.15) is 19.0 Å². The average molecular weight is 421 g/mol. The monoisotopic (exact) mass is 421 g/mol. The highest BCUT2D eigenvalue weighted by Crippen LogP contribution is 2.30. The Morgan fingerprint density at radius 1 is 0.871 bits per heavy atom. The van der Waals surface area contributed by atoms with Crippen LogP contribution in [0.25, 0.3) is 0 Å². The van der Waals surface area contributed by atoms with Crippen LogP contribution in [0.5, 0.6) is 11.5 Å². The van der Waals surface area contributed by atoms with Gasteiger partial charge in [-0.25, -0.2) is 4.39 Å². The zero-order valence-corrected chi connectivity index (χ0v) is 16.5. The summed E-state index contributed by atoms with van der Waals surface area (Å²) in [7, 11) is 0. The highest BCUT2D eigenvalue weighted by Gasteiger charge is 2.15. The number of carbonyl (C=O) groups is 2. The third kappa shape index (κ3) is 4.75. The van der Waals surface area contributed by atoms with E-state index < -0.39 is 5.82 Å². The number of ether oxygens (including phenoxy) is 2. The highest BCUT2D eigenvalue weighted by atomic mass is 19.1. The summed E-state index contributed by atoms with van der Waals surface area (Å²) in [6.45, 7) is 1.23. The summed E-state index contributed by atoms with van der Waals surface area (Å²) >= 11 is 0. The molecule has 31 heavy (non-hydrogen) atoms. The number of rotatable bonds is 5. The number of carbonyl (C=O) groups excluding carboxylic acids is 2. The number of nitrogens with two attached hydrogens (primary N) is 1. The summed E-state index contributed by atoms with van der Waals surface area (Å²) in [6.07, 6.45) is 0. The molecular formula is C23H20FN3O4. The number of hydrogen-bond acceptors (Lipinski definition) is 5. The fourth-order valence-electron chi connectivity index (χ4n) is 3.08. The van der Waals surface area contributed by atoms with E-state index in [0.29, 0.717) is 48.1 Å². The number of nitrogens with one attached hydrogen (secondary N) is 2. The van der Waals surface area contributed by atoms with Crippen LogP contribution in [0, 0.1) is 5.82 Å². The molecule has 158 valence electrons. The molecule has 8 heteroatoms. The first-order valence-electron chi connectivity index (χ1n) is 9.63. The fourth-order valence-corrected chi connectivity index (χ4v) is 3.08. The molecule has 1 aliphatic heterocycles. The van der Waals surface area contributed by atoms with Crippen molar-refractivity contribution < 1.29 is 23.5 Å². The number of nitrogen functional groups attached to an aromatic ring is 1. The Kier molecular flexibility index (Phi) is 5.70. The van der Waals surface area contributed by atoms with E-state index in [9.17, 15) is 14.0 Å². The van der Waals surface area contributed by atoms with Crippen LogP contribution < -0.4 is 25.8 Å². The SMILES string of the molecule is Nc1cc(F)ccc1NC(=O)c1ccc(CNC(=O)c2ccc3c(c2)OCCO3)cc1. The Bertz CT molecular complexity index is 1130. The predicted molar refractivity (Wildman–Crippen MR) is 114 cm³/mol. The van der Waals surface area contributed by atoms with Crippen LogP contribution in [0.4, 0.5) is 15.8 Å². The summed E-state index contributed by atoms with van der Waals surface area (Å²) in [6, 6.07) is 15.6. The minimum absolute atomic E-state index is 0.145. The van der Waals surface area contributed by atoms with Crippen molar-refractivity contribution in [2.75, 3.05) is 24.3 Å². The van der Waals surface area contributed by atoms with Gasteiger partial charge in [0.25, 0.3) is 11.8 Å². The Hall–Kier alpha value is -4.07. The second kappa shape index (κ2) is 8.74. The Morgan fingerprint density at radius 3 is 2.32 bits per heavy atom. The minimum atomic E-state index is -0.474. The van der Waals surface area contributed by atoms with Crippen LogP contribution in [-0.4, -0.2) is 25.0 Å². The maximum Gasteiger partial charge on any atom is 0.255 e. The number of halogens is 1. The molecule has 0 spiro atoms. The molecule has 4 N–H and O–H groups in total. The minimum Gasteiger partial charge on any atom is -0.486 e. The van der Waals surface area contributed by atoms with Gasteiger partial charge in [0.2, 0.25) is 0 Å². The fraction of sp³-hybridized carbons (Fsp3) is 0.130. The summed E-state index contributed by atoms with van der Waals surface area (Å²) in [4.78, 5) is 24.8. The standard InChI is InChI=1S/C23H20FN3O4/c24-17-6-7-19(18(25)12-17)27-23(29)15-3-1-14(2-4-15)13-26-22(28)16-5-8-20-21(11-16)31-10-9-30-20/h1-8,11-12H,9-10,13,25H2,(H,26,28)(H,27,29). The van der Waals surface area contributed by atoms with E-state index in [1.807, 2.05) is 0 Å². The van der Waals surface area contributed by atoms with E-state index in [0.717, 1.165) is 11.6 Å². The quantitative estimate of drug-likeness (QED) is 0.548. The maximum absolute atomic E-state index is 13.1. The first-order chi connectivity index (χ1) is 15.0. The van der Waals surface area contributed by atoms with E-state index in [2.05, 4.69) is 10.6 Å². The number of fused-ring (bicyclic) bond motifs is 1. The van der Waals surface area contributed by atoms with E-state index in [1.54, 1.807) is 42.5 Å². The highest BCUT2D eigenvalue weighted by molar-refractivity contribution is 6.05. The van der Waals surface area contributed by atoms with Crippen molar-refractivity contribution in [3.8, 4) is 11.5 Å². The molecule has 3 aromatic rings. The van der Waals surface area contributed by atoms with Crippen LogP contribution in [0.2, 0.25) is 0 Å². The topological polar surface area (TPSA) is 103 Å². The molecule has 0 saturated heterocycles. The summed E-state index contributed by atoms with van der Waals surface area (Å²) < 4.78 is 24.1. The summed E-state index contributed by atoms with van der Waals surface area (Å²) in [5.41, 5.74) is 7.90. The molecule has 0 atom stereocenters. The van der Waals surface area contributed by atoms with Gasteiger partial charge in [-0.1, -0.05) is 12.1 Å². The number of amides is 2. The summed E-state index contributed by atoms with van der Waals surface area (Å²) in [5, 5.41) is 5.48. The second-order valence-electron chi connectivity index (χ2n) is 6.92. The Labute approximate surface area is 178 Å². The normalized spacial score (nSPS) is 12.2. The number of hydrogen-bond donors (Lipinski definition) is 3. The van der Waals surface area contributed by atoms with Gasteiger partial charge < -0.3 is 25.8 Å². The van der Waals surface area contributed by atoms with Crippen LogP contribution in [0.15, 0.2) is 60.7 Å². The van der Waals surface area contributed by atoms with Crippen molar-refractivity contribution in [3.05, 3.63) is 83.2 Å². The summed E-state index contributed by atoms with van der Waals surface area (Å²) in [5.74, 6) is 0.0870. The molecule has 0 aliphatic carbocycles. The predicted octanol–water partition coefficient (Wildman–Crippen LogP) is 3.36. The van der Waals surface area contributed by atoms with Crippen molar-refractivity contribution in [2.45, 2.75) is 6.54 Å². The molecule has 2 amide bonds. The Morgan fingerprint density at radius 2 is 1.58 bits per heavy atom. The van der Waals surface area contributed by atoms with Gasteiger partial charge in [0, 0.05) is 17.7 Å². The third-order valence-corrected chi connectivity index (χ3v) is 4.74. The van der Waals surface area contributed by atoms with Gasteiger partial charge in [-0.05, 0) is 54.1 Å². The van der Waals surface area contributed by atoms with Crippen LogP contribution >= 0.6 is 0 Å². The average Bonchev–Trinajstić information content (AvgIpc) is 2.79. The lowest BCUT2D eigenvalue weighted by molar-refractivity contribution is 0.0948. The zero-order chi connectivity index (χ0) is 21.8. The van der Waals surface area contributed by atoms with E-state index in [-0.39, 0.29) is 17.5 Å². The van der Waals surface area contributed by atoms with Crippen molar-refractivity contribution in [3.63, 3.8) is 0 Å². The molecular weight excluding hydrogens is 401 g/mol. The number of anilines is 2. The lowest BCUT2D eigenvalue weighted by Gasteiger charge is -2.18. The molecule has 7 nitrogen and oxygen atoms in total. The maximum atomic E-state index is 13.1. The van der Waals surface area contributed by atoms with Crippen molar-refractivity contribution in [1.82, 2.24) is 5.32 Å². The molecule has 0 aromatic heterocycles. The molecule has 0 fully saturated rings. The van der Waals surface area contributed by atoms with Crippen LogP contribution in [-0.2, 0) is 6.54 Å². The molecule has 0 bridgehead atoms. The van der Waals surface area contributed by atoms with Crippen molar-refractivity contribution in [1.29, 1.82) is 0 Å². The molecule has 3 aromatic carbocycles. The van der Waals surface area contributed by atoms with Gasteiger partial charge in [-0.3, -0.25) is 9.59 Å². The van der Waals surface area contributed by atoms with Crippen LogP contribution in [0.1, 0.15) is 26.3 Å². The van der Waals surface area contributed by atoms with Crippen molar-refractivity contribution >= 4 is 23.2 Å². The van der Waals surface area contributed by atoms with Gasteiger partial charge in [-0.15, -0.1) is 0 Å². The van der Waals surface area contributed by atoms with Gasteiger partial charge in [-0.2, -0.15) is 0 Å². The van der Waals surface area contributed by atoms with Crippen molar-refractivity contribution in [2.24, 2.45) is 0 Å². The second-order valence-corrected chi connectivity index (χ2v) is 6.92. The molecule has 4 rings (SSSR count). The molecule has 0 saturated carbocycles. The zero-order valence-electron chi connectivity index (χ0n) is 16.5. The van der Waals surface area contributed by atoms with E-state index in [4.69, 9.17) is 15.2 Å².